The van der Waals surface area contributed by atoms with Gasteiger partial charge in [0, 0.05) is 11.6 Å². The van der Waals surface area contributed by atoms with E-state index in [4.69, 9.17) is 0 Å². The zero-order valence-corrected chi connectivity index (χ0v) is 9.70. The first-order chi connectivity index (χ1) is 8.82. The molecule has 1 aliphatic rings. The van der Waals surface area contributed by atoms with Crippen LogP contribution < -0.4 is 5.32 Å². The Morgan fingerprint density at radius 2 is 1.74 bits per heavy atom. The minimum absolute atomic E-state index is 0.167. The average molecular weight is 283 g/mol. The molecule has 2 unspecified atom stereocenters. The molecule has 1 saturated heterocycles. The van der Waals surface area contributed by atoms with Crippen molar-refractivity contribution in [3.05, 3.63) is 35.1 Å². The van der Waals surface area contributed by atoms with Gasteiger partial charge >= 0.3 is 6.18 Å². The van der Waals surface area contributed by atoms with Gasteiger partial charge in [-0.25, -0.2) is 13.2 Å². The lowest BCUT2D eigenvalue weighted by atomic mass is 9.85. The molecule has 2 atom stereocenters. The summed E-state index contributed by atoms with van der Waals surface area (Å²) in [4.78, 5) is 0. The molecule has 1 fully saturated rings. The van der Waals surface area contributed by atoms with Crippen LogP contribution in [0.5, 0.6) is 0 Å². The largest absolute Gasteiger partial charge is 0.393 e. The quantitative estimate of drug-likeness (QED) is 0.612. The highest BCUT2D eigenvalue weighted by Gasteiger charge is 2.47. The average Bonchev–Trinajstić information content (AvgIpc) is 2.35. The van der Waals surface area contributed by atoms with Crippen molar-refractivity contribution < 1.29 is 26.3 Å². The van der Waals surface area contributed by atoms with Crippen LogP contribution in [0.3, 0.4) is 0 Å². The summed E-state index contributed by atoms with van der Waals surface area (Å²) in [6.07, 6.45) is -4.39. The summed E-state index contributed by atoms with van der Waals surface area (Å²) in [7, 11) is 0. The molecule has 19 heavy (non-hydrogen) atoms. The van der Waals surface area contributed by atoms with E-state index in [0.29, 0.717) is 12.5 Å². The van der Waals surface area contributed by atoms with Crippen molar-refractivity contribution >= 4 is 0 Å². The summed E-state index contributed by atoms with van der Waals surface area (Å²) in [5.41, 5.74) is -0.485. The summed E-state index contributed by atoms with van der Waals surface area (Å²) in [5, 5.41) is 2.53. The van der Waals surface area contributed by atoms with Gasteiger partial charge in [-0.05, 0) is 25.5 Å². The fourth-order valence-electron chi connectivity index (χ4n) is 2.35. The molecule has 1 N–H and O–H groups in total. The van der Waals surface area contributed by atoms with Gasteiger partial charge in [0.1, 0.15) is 0 Å². The minimum Gasteiger partial charge on any atom is -0.309 e. The van der Waals surface area contributed by atoms with Crippen LogP contribution in [-0.4, -0.2) is 12.7 Å². The molecular weight excluding hydrogens is 272 g/mol. The van der Waals surface area contributed by atoms with Gasteiger partial charge in [0.15, 0.2) is 17.5 Å². The van der Waals surface area contributed by atoms with Crippen molar-refractivity contribution in [3.63, 3.8) is 0 Å². The molecule has 1 nitrogen and oxygen atoms in total. The standard InChI is InChI=1S/C12H11F6N/c13-8-4-3-6(9(14)10(8)15)11-7(12(16,17)18)2-1-5-19-11/h3-4,7,11,19H,1-2,5H2. The number of rotatable bonds is 1. The van der Waals surface area contributed by atoms with Crippen LogP contribution in [0, 0.1) is 23.4 Å². The Labute approximate surface area is 105 Å². The van der Waals surface area contributed by atoms with Crippen molar-refractivity contribution in [3.8, 4) is 0 Å². The van der Waals surface area contributed by atoms with Gasteiger partial charge in [0.05, 0.1) is 5.92 Å². The van der Waals surface area contributed by atoms with E-state index in [1.807, 2.05) is 0 Å². The van der Waals surface area contributed by atoms with E-state index in [2.05, 4.69) is 5.32 Å². The molecule has 1 heterocycles. The van der Waals surface area contributed by atoms with Crippen molar-refractivity contribution in [1.29, 1.82) is 0 Å². The Hall–Kier alpha value is -1.24. The van der Waals surface area contributed by atoms with Crippen LogP contribution in [0.4, 0.5) is 26.3 Å². The SMILES string of the molecule is Fc1ccc(C2NCCCC2C(F)(F)F)c(F)c1F. The molecule has 0 aromatic heterocycles. The fraction of sp³-hybridized carbons (Fsp3) is 0.500. The van der Waals surface area contributed by atoms with Crippen LogP contribution in [0.15, 0.2) is 12.1 Å². The third-order valence-electron chi connectivity index (χ3n) is 3.28. The lowest BCUT2D eigenvalue weighted by Gasteiger charge is -2.34. The van der Waals surface area contributed by atoms with E-state index in [0.717, 1.165) is 6.07 Å². The summed E-state index contributed by atoms with van der Waals surface area (Å²) in [6.45, 7) is 0.273. The number of piperidine rings is 1. The maximum Gasteiger partial charge on any atom is 0.393 e. The number of hydrogen-bond donors (Lipinski definition) is 1. The highest BCUT2D eigenvalue weighted by molar-refractivity contribution is 5.25. The van der Waals surface area contributed by atoms with Crippen molar-refractivity contribution in [1.82, 2.24) is 5.32 Å². The molecule has 1 aromatic rings. The molecule has 2 rings (SSSR count). The van der Waals surface area contributed by atoms with Gasteiger partial charge in [-0.15, -0.1) is 0 Å². The first kappa shape index (κ1) is 14.2. The monoisotopic (exact) mass is 283 g/mol. The number of benzene rings is 1. The third kappa shape index (κ3) is 2.70. The van der Waals surface area contributed by atoms with Crippen molar-refractivity contribution in [2.24, 2.45) is 5.92 Å². The molecule has 0 bridgehead atoms. The van der Waals surface area contributed by atoms with Crippen LogP contribution in [0.25, 0.3) is 0 Å². The third-order valence-corrected chi connectivity index (χ3v) is 3.28. The minimum atomic E-state index is -4.52. The molecule has 1 aromatic carbocycles. The smallest absolute Gasteiger partial charge is 0.309 e. The predicted molar refractivity (Wildman–Crippen MR) is 55.8 cm³/mol. The summed E-state index contributed by atoms with van der Waals surface area (Å²) in [5.74, 6) is -6.53. The number of halogens is 6. The number of nitrogens with one attached hydrogen (secondary N) is 1. The number of hydrogen-bond acceptors (Lipinski definition) is 1. The van der Waals surface area contributed by atoms with Gasteiger partial charge in [-0.1, -0.05) is 6.07 Å². The molecule has 0 saturated carbocycles. The Balaban J connectivity index is 2.41. The van der Waals surface area contributed by atoms with E-state index in [1.54, 1.807) is 0 Å². The molecule has 7 heteroatoms. The summed E-state index contributed by atoms with van der Waals surface area (Å²) < 4.78 is 78.1. The first-order valence-corrected chi connectivity index (χ1v) is 5.76. The van der Waals surface area contributed by atoms with E-state index in [1.165, 1.54) is 0 Å². The summed E-state index contributed by atoms with van der Waals surface area (Å²) in [6, 6.07) is 0.108. The molecule has 106 valence electrons. The van der Waals surface area contributed by atoms with Gasteiger partial charge < -0.3 is 5.32 Å². The molecule has 0 radical (unpaired) electrons. The normalized spacial score (nSPS) is 24.5. The zero-order chi connectivity index (χ0) is 14.2. The molecule has 0 spiro atoms. The fourth-order valence-corrected chi connectivity index (χ4v) is 2.35. The van der Waals surface area contributed by atoms with Gasteiger partial charge in [0.25, 0.3) is 0 Å². The van der Waals surface area contributed by atoms with E-state index < -0.39 is 41.2 Å². The lowest BCUT2D eigenvalue weighted by molar-refractivity contribution is -0.189. The van der Waals surface area contributed by atoms with Gasteiger partial charge in [-0.3, -0.25) is 0 Å². The first-order valence-electron chi connectivity index (χ1n) is 5.76. The second kappa shape index (κ2) is 5.03. The van der Waals surface area contributed by atoms with Crippen LogP contribution in [0.1, 0.15) is 24.4 Å². The number of alkyl halides is 3. The molecule has 1 aliphatic heterocycles. The Bertz CT molecular complexity index is 470. The molecule has 0 aliphatic carbocycles. The molecule has 0 amide bonds. The highest BCUT2D eigenvalue weighted by atomic mass is 19.4. The van der Waals surface area contributed by atoms with E-state index in [-0.39, 0.29) is 13.0 Å². The Morgan fingerprint density at radius 1 is 1.05 bits per heavy atom. The predicted octanol–water partition coefficient (Wildman–Crippen LogP) is 3.71. The van der Waals surface area contributed by atoms with E-state index >= 15 is 0 Å². The van der Waals surface area contributed by atoms with Gasteiger partial charge in [0.2, 0.25) is 0 Å². The zero-order valence-electron chi connectivity index (χ0n) is 9.70. The Morgan fingerprint density at radius 3 is 2.37 bits per heavy atom. The van der Waals surface area contributed by atoms with Crippen molar-refractivity contribution in [2.75, 3.05) is 6.54 Å². The second-order valence-corrected chi connectivity index (χ2v) is 4.49. The topological polar surface area (TPSA) is 12.0 Å². The van der Waals surface area contributed by atoms with Gasteiger partial charge in [-0.2, -0.15) is 13.2 Å². The highest BCUT2D eigenvalue weighted by Crippen LogP contribution is 2.42. The van der Waals surface area contributed by atoms with Crippen LogP contribution in [0.2, 0.25) is 0 Å². The lowest BCUT2D eigenvalue weighted by Crippen LogP contribution is -2.42. The molecular formula is C12H11F6N. The Kier molecular flexibility index (Phi) is 3.75. The maximum atomic E-state index is 13.6. The van der Waals surface area contributed by atoms with Crippen molar-refractivity contribution in [2.45, 2.75) is 25.1 Å². The van der Waals surface area contributed by atoms with Crippen LogP contribution in [-0.2, 0) is 0 Å². The van der Waals surface area contributed by atoms with E-state index in [9.17, 15) is 26.3 Å². The van der Waals surface area contributed by atoms with Crippen LogP contribution >= 0.6 is 0 Å². The second-order valence-electron chi connectivity index (χ2n) is 4.49. The maximum absolute atomic E-state index is 13.6. The summed E-state index contributed by atoms with van der Waals surface area (Å²) >= 11 is 0.